The van der Waals surface area contributed by atoms with Crippen LogP contribution in [0.4, 0.5) is 0 Å². The number of benzene rings is 3. The van der Waals surface area contributed by atoms with Crippen LogP contribution in [0, 0.1) is 0 Å². The highest BCUT2D eigenvalue weighted by Gasteiger charge is 2.19. The van der Waals surface area contributed by atoms with Gasteiger partial charge in [-0.25, -0.2) is 4.98 Å². The van der Waals surface area contributed by atoms with Crippen LogP contribution in [0.25, 0.3) is 27.5 Å². The third kappa shape index (κ3) is 2.61. The van der Waals surface area contributed by atoms with Gasteiger partial charge < -0.3 is 0 Å². The summed E-state index contributed by atoms with van der Waals surface area (Å²) in [5, 5.41) is 3.20. The predicted molar refractivity (Wildman–Crippen MR) is 108 cm³/mol. The molecule has 0 fully saturated rings. The van der Waals surface area contributed by atoms with Gasteiger partial charge in [0.05, 0.1) is 11.2 Å². The van der Waals surface area contributed by atoms with Crippen molar-refractivity contribution in [1.82, 2.24) is 9.55 Å². The Morgan fingerprint density at radius 2 is 1.44 bits per heavy atom. The summed E-state index contributed by atoms with van der Waals surface area (Å²) >= 11 is 0. The Labute approximate surface area is 156 Å². The Hall–Kier alpha value is -3.72. The van der Waals surface area contributed by atoms with E-state index in [2.05, 4.69) is 11.1 Å². The fourth-order valence-corrected chi connectivity index (χ4v) is 3.53. The van der Waals surface area contributed by atoms with Gasteiger partial charge >= 0.3 is 0 Å². The molecule has 0 radical (unpaired) electrons. The molecule has 0 amide bonds. The first-order chi connectivity index (χ1) is 13.3. The number of fused-ring (bicyclic) bond motifs is 2. The van der Waals surface area contributed by atoms with Gasteiger partial charge in [0.2, 0.25) is 5.78 Å². The van der Waals surface area contributed by atoms with Crippen molar-refractivity contribution in [3.63, 3.8) is 0 Å². The van der Waals surface area contributed by atoms with Gasteiger partial charge in [0.1, 0.15) is 5.82 Å². The third-order valence-corrected chi connectivity index (χ3v) is 4.83. The molecule has 0 spiro atoms. The van der Waals surface area contributed by atoms with Crippen LogP contribution in [0.15, 0.2) is 97.2 Å². The Balaban J connectivity index is 1.73. The van der Waals surface area contributed by atoms with Gasteiger partial charge in [-0.05, 0) is 41.1 Å². The Kier molecular flexibility index (Phi) is 3.58. The van der Waals surface area contributed by atoms with Gasteiger partial charge in [-0.3, -0.25) is 9.36 Å². The number of hydrogen-bond acceptors (Lipinski definition) is 2. The minimum absolute atomic E-state index is 0.0115. The third-order valence-electron chi connectivity index (χ3n) is 4.83. The second-order valence-electron chi connectivity index (χ2n) is 6.50. The molecule has 0 aliphatic carbocycles. The maximum atomic E-state index is 13.4. The molecule has 0 bridgehead atoms. The van der Waals surface area contributed by atoms with Crippen LogP contribution in [0.3, 0.4) is 0 Å². The summed E-state index contributed by atoms with van der Waals surface area (Å²) in [6, 6.07) is 29.6. The van der Waals surface area contributed by atoms with Crippen LogP contribution < -0.4 is 0 Å². The number of rotatable bonds is 3. The van der Waals surface area contributed by atoms with E-state index in [4.69, 9.17) is 0 Å². The van der Waals surface area contributed by atoms with E-state index in [1.165, 1.54) is 0 Å². The van der Waals surface area contributed by atoms with Crippen LogP contribution in [0.2, 0.25) is 0 Å². The molecule has 0 saturated heterocycles. The summed E-state index contributed by atoms with van der Waals surface area (Å²) in [6.07, 6.45) is 1.74. The van der Waals surface area contributed by atoms with Crippen LogP contribution in [-0.4, -0.2) is 15.3 Å². The smallest absolute Gasteiger partial charge is 0.209 e. The number of para-hydroxylation sites is 1. The van der Waals surface area contributed by atoms with E-state index >= 15 is 0 Å². The number of nitrogens with zero attached hydrogens (tertiary/aromatic N) is 2. The summed E-state index contributed by atoms with van der Waals surface area (Å²) in [4.78, 5) is 17.9. The van der Waals surface area contributed by atoms with Crippen molar-refractivity contribution in [2.75, 3.05) is 0 Å². The molecule has 2 aromatic heterocycles. The minimum atomic E-state index is -0.0115. The van der Waals surface area contributed by atoms with E-state index in [9.17, 15) is 4.79 Å². The van der Waals surface area contributed by atoms with Crippen LogP contribution in [-0.2, 0) is 0 Å². The molecule has 0 saturated carbocycles. The molecular weight excluding hydrogens is 332 g/mol. The fraction of sp³-hybridized carbons (Fsp3) is 0. The molecule has 0 unspecified atom stereocenters. The molecule has 3 heteroatoms. The van der Waals surface area contributed by atoms with E-state index in [1.807, 2.05) is 89.5 Å². The van der Waals surface area contributed by atoms with E-state index in [1.54, 1.807) is 6.20 Å². The van der Waals surface area contributed by atoms with Crippen LogP contribution in [0.5, 0.6) is 0 Å². The molecule has 0 N–H and O–H groups in total. The standard InChI is InChI=1S/C24H16N2O/c27-24(20-13-12-17-7-1-2-8-18(17)15-20)22-16-19-9-3-4-10-21(19)26(22)23-11-5-6-14-25-23/h1-16H. The topological polar surface area (TPSA) is 34.9 Å². The molecule has 5 aromatic rings. The first-order valence-electron chi connectivity index (χ1n) is 8.87. The number of aromatic nitrogens is 2. The van der Waals surface area contributed by atoms with Crippen molar-refractivity contribution < 1.29 is 4.79 Å². The molecule has 3 nitrogen and oxygen atoms in total. The molecule has 3 aromatic carbocycles. The molecular formula is C24H16N2O. The van der Waals surface area contributed by atoms with Crippen LogP contribution in [0.1, 0.15) is 16.1 Å². The maximum absolute atomic E-state index is 13.4. The molecule has 27 heavy (non-hydrogen) atoms. The van der Waals surface area contributed by atoms with Gasteiger partial charge in [0.25, 0.3) is 0 Å². The zero-order valence-corrected chi connectivity index (χ0v) is 14.5. The number of carbonyl (C=O) groups excluding carboxylic acids is 1. The molecule has 0 aliphatic heterocycles. The number of carbonyl (C=O) groups is 1. The highest BCUT2D eigenvalue weighted by atomic mass is 16.1. The normalized spacial score (nSPS) is 11.1. The van der Waals surface area contributed by atoms with E-state index in [0.29, 0.717) is 11.3 Å². The lowest BCUT2D eigenvalue weighted by atomic mass is 10.0. The summed E-state index contributed by atoms with van der Waals surface area (Å²) in [5.74, 6) is 0.727. The zero-order valence-electron chi connectivity index (χ0n) is 14.5. The molecule has 5 rings (SSSR count). The highest BCUT2D eigenvalue weighted by Crippen LogP contribution is 2.26. The van der Waals surface area contributed by atoms with Crippen molar-refractivity contribution in [2.24, 2.45) is 0 Å². The van der Waals surface area contributed by atoms with E-state index < -0.39 is 0 Å². The molecule has 128 valence electrons. The average molecular weight is 348 g/mol. The van der Waals surface area contributed by atoms with Crippen molar-refractivity contribution in [1.29, 1.82) is 0 Å². The van der Waals surface area contributed by atoms with Crippen molar-refractivity contribution in [2.45, 2.75) is 0 Å². The monoisotopic (exact) mass is 348 g/mol. The number of ketones is 1. The lowest BCUT2D eigenvalue weighted by molar-refractivity contribution is 0.103. The fourth-order valence-electron chi connectivity index (χ4n) is 3.53. The first-order valence-corrected chi connectivity index (χ1v) is 8.87. The van der Waals surface area contributed by atoms with Gasteiger partial charge in [0, 0.05) is 17.1 Å². The van der Waals surface area contributed by atoms with Gasteiger partial charge in [-0.2, -0.15) is 0 Å². The summed E-state index contributed by atoms with van der Waals surface area (Å²) in [5.41, 5.74) is 2.26. The second-order valence-corrected chi connectivity index (χ2v) is 6.50. The minimum Gasteiger partial charge on any atom is -0.290 e. The summed E-state index contributed by atoms with van der Waals surface area (Å²) < 4.78 is 1.94. The molecule has 0 aliphatic rings. The molecule has 2 heterocycles. The van der Waals surface area contributed by atoms with Crippen LogP contribution >= 0.6 is 0 Å². The van der Waals surface area contributed by atoms with Gasteiger partial charge in [0.15, 0.2) is 0 Å². The van der Waals surface area contributed by atoms with Gasteiger partial charge in [-0.1, -0.05) is 60.7 Å². The average Bonchev–Trinajstić information content (AvgIpc) is 3.13. The Morgan fingerprint density at radius 1 is 0.704 bits per heavy atom. The quantitative estimate of drug-likeness (QED) is 0.409. The van der Waals surface area contributed by atoms with Gasteiger partial charge in [-0.15, -0.1) is 0 Å². The second kappa shape index (κ2) is 6.22. The lowest BCUT2D eigenvalue weighted by Crippen LogP contribution is -2.09. The summed E-state index contributed by atoms with van der Waals surface area (Å²) in [7, 11) is 0. The maximum Gasteiger partial charge on any atom is 0.209 e. The Morgan fingerprint density at radius 3 is 2.26 bits per heavy atom. The van der Waals surface area contributed by atoms with Crippen molar-refractivity contribution in [3.05, 3.63) is 108 Å². The zero-order chi connectivity index (χ0) is 18.2. The van der Waals surface area contributed by atoms with E-state index in [0.717, 1.165) is 27.5 Å². The highest BCUT2D eigenvalue weighted by molar-refractivity contribution is 6.12. The van der Waals surface area contributed by atoms with E-state index in [-0.39, 0.29) is 5.78 Å². The first kappa shape index (κ1) is 15.5. The predicted octanol–water partition coefficient (Wildman–Crippen LogP) is 5.41. The largest absolute Gasteiger partial charge is 0.290 e. The molecule has 0 atom stereocenters. The number of hydrogen-bond donors (Lipinski definition) is 0. The van der Waals surface area contributed by atoms with Crippen molar-refractivity contribution in [3.8, 4) is 5.82 Å². The SMILES string of the molecule is O=C(c1ccc2ccccc2c1)c1cc2ccccc2n1-c1ccccn1. The lowest BCUT2D eigenvalue weighted by Gasteiger charge is -2.10. The van der Waals surface area contributed by atoms with Crippen molar-refractivity contribution >= 4 is 27.5 Å². The Bertz CT molecular complexity index is 1290. The number of pyridine rings is 1. The summed E-state index contributed by atoms with van der Waals surface area (Å²) in [6.45, 7) is 0.